The van der Waals surface area contributed by atoms with Gasteiger partial charge in [-0.3, -0.25) is 14.9 Å². The van der Waals surface area contributed by atoms with Crippen molar-refractivity contribution in [3.8, 4) is 0 Å². The van der Waals surface area contributed by atoms with Gasteiger partial charge in [0, 0.05) is 29.2 Å². The van der Waals surface area contributed by atoms with Gasteiger partial charge in [-0.25, -0.2) is 4.98 Å². The summed E-state index contributed by atoms with van der Waals surface area (Å²) in [5.41, 5.74) is 0.868. The van der Waals surface area contributed by atoms with Crippen molar-refractivity contribution >= 4 is 22.4 Å². The van der Waals surface area contributed by atoms with E-state index in [1.807, 2.05) is 19.4 Å². The van der Waals surface area contributed by atoms with Crippen LogP contribution in [0.25, 0.3) is 0 Å². The lowest BCUT2D eigenvalue weighted by molar-refractivity contribution is 0.102. The predicted molar refractivity (Wildman–Crippen MR) is 74.6 cm³/mol. The lowest BCUT2D eigenvalue weighted by Crippen LogP contribution is -2.16. The summed E-state index contributed by atoms with van der Waals surface area (Å²) in [5, 5.41) is 8.15. The third-order valence-corrected chi connectivity index (χ3v) is 3.43. The van der Waals surface area contributed by atoms with Crippen LogP contribution in [-0.2, 0) is 0 Å². The molecule has 3 N–H and O–H groups in total. The summed E-state index contributed by atoms with van der Waals surface area (Å²) in [7, 11) is 1.85. The van der Waals surface area contributed by atoms with Gasteiger partial charge in [0.05, 0.1) is 5.69 Å². The van der Waals surface area contributed by atoms with Crippen LogP contribution in [-0.4, -0.2) is 22.9 Å². The van der Waals surface area contributed by atoms with Gasteiger partial charge < -0.3 is 10.3 Å². The molecule has 0 aliphatic carbocycles. The van der Waals surface area contributed by atoms with Crippen molar-refractivity contribution in [3.63, 3.8) is 0 Å². The van der Waals surface area contributed by atoms with Gasteiger partial charge in [0.15, 0.2) is 5.13 Å². The molecule has 2 rings (SSSR count). The number of thiazole rings is 1. The molecular formula is C12H14N4O2S. The van der Waals surface area contributed by atoms with E-state index in [2.05, 4.69) is 20.6 Å². The Hall–Kier alpha value is -1.99. The van der Waals surface area contributed by atoms with E-state index in [0.717, 1.165) is 5.69 Å². The summed E-state index contributed by atoms with van der Waals surface area (Å²) < 4.78 is 0. The summed E-state index contributed by atoms with van der Waals surface area (Å²) in [6.45, 7) is 1.98. The number of nitrogens with one attached hydrogen (secondary N) is 3. The molecule has 0 aliphatic heterocycles. The minimum absolute atomic E-state index is 0.126. The van der Waals surface area contributed by atoms with Crippen LogP contribution in [0.5, 0.6) is 0 Å². The van der Waals surface area contributed by atoms with Gasteiger partial charge in [-0.15, -0.1) is 11.3 Å². The lowest BCUT2D eigenvalue weighted by atomic mass is 10.2. The van der Waals surface area contributed by atoms with E-state index >= 15 is 0 Å². The van der Waals surface area contributed by atoms with E-state index in [1.165, 1.54) is 23.6 Å². The first-order valence-corrected chi connectivity index (χ1v) is 6.61. The Labute approximate surface area is 113 Å². The number of aromatic amines is 1. The molecule has 0 radical (unpaired) electrons. The van der Waals surface area contributed by atoms with Crippen molar-refractivity contribution in [1.29, 1.82) is 0 Å². The average molecular weight is 278 g/mol. The third-order valence-electron chi connectivity index (χ3n) is 2.66. The highest BCUT2D eigenvalue weighted by atomic mass is 32.1. The normalized spacial score (nSPS) is 12.1. The summed E-state index contributed by atoms with van der Waals surface area (Å²) in [6, 6.07) is 2.92. The minimum atomic E-state index is -0.343. The van der Waals surface area contributed by atoms with E-state index < -0.39 is 0 Å². The van der Waals surface area contributed by atoms with Crippen LogP contribution in [0.2, 0.25) is 0 Å². The van der Waals surface area contributed by atoms with E-state index in [1.54, 1.807) is 6.07 Å². The number of anilines is 1. The van der Waals surface area contributed by atoms with Gasteiger partial charge in [0.25, 0.3) is 5.91 Å². The van der Waals surface area contributed by atoms with Gasteiger partial charge in [0.2, 0.25) is 5.56 Å². The highest BCUT2D eigenvalue weighted by Gasteiger charge is 2.11. The van der Waals surface area contributed by atoms with E-state index in [4.69, 9.17) is 0 Å². The topological polar surface area (TPSA) is 86.9 Å². The zero-order chi connectivity index (χ0) is 13.8. The van der Waals surface area contributed by atoms with E-state index in [0.29, 0.717) is 10.7 Å². The molecule has 0 saturated carbocycles. The van der Waals surface area contributed by atoms with Crippen molar-refractivity contribution in [2.45, 2.75) is 13.0 Å². The first-order chi connectivity index (χ1) is 9.10. The van der Waals surface area contributed by atoms with Crippen molar-refractivity contribution < 1.29 is 4.79 Å². The third kappa shape index (κ3) is 3.27. The molecule has 0 bridgehead atoms. The fraction of sp³-hybridized carbons (Fsp3) is 0.250. The second-order valence-electron chi connectivity index (χ2n) is 3.98. The fourth-order valence-electron chi connectivity index (χ4n) is 1.45. The van der Waals surface area contributed by atoms with Crippen LogP contribution < -0.4 is 16.2 Å². The molecule has 0 spiro atoms. The number of carbonyl (C=O) groups is 1. The maximum Gasteiger partial charge on any atom is 0.257 e. The van der Waals surface area contributed by atoms with Gasteiger partial charge in [-0.1, -0.05) is 0 Å². The van der Waals surface area contributed by atoms with Crippen LogP contribution in [0.4, 0.5) is 5.13 Å². The number of carbonyl (C=O) groups excluding carboxylic acids is 1. The van der Waals surface area contributed by atoms with Crippen LogP contribution in [0, 0.1) is 0 Å². The molecule has 2 aromatic rings. The molecule has 1 atom stereocenters. The minimum Gasteiger partial charge on any atom is -0.329 e. The highest BCUT2D eigenvalue weighted by Crippen LogP contribution is 2.20. The number of H-pyrrole nitrogens is 1. The fourth-order valence-corrected chi connectivity index (χ4v) is 2.24. The Morgan fingerprint density at radius 3 is 3.00 bits per heavy atom. The molecule has 1 unspecified atom stereocenters. The van der Waals surface area contributed by atoms with Crippen molar-refractivity contribution in [2.75, 3.05) is 12.4 Å². The van der Waals surface area contributed by atoms with E-state index in [9.17, 15) is 9.59 Å². The number of rotatable bonds is 4. The summed E-state index contributed by atoms with van der Waals surface area (Å²) in [6.07, 6.45) is 1.44. The van der Waals surface area contributed by atoms with Crippen LogP contribution in [0.15, 0.2) is 28.5 Å². The molecule has 6 nitrogen and oxygen atoms in total. The number of hydrogen-bond donors (Lipinski definition) is 3. The second kappa shape index (κ2) is 5.77. The van der Waals surface area contributed by atoms with Gasteiger partial charge in [0.1, 0.15) is 0 Å². The lowest BCUT2D eigenvalue weighted by Gasteiger charge is -2.05. The molecule has 0 aliphatic rings. The Morgan fingerprint density at radius 2 is 2.32 bits per heavy atom. The molecule has 0 aromatic carbocycles. The molecule has 19 heavy (non-hydrogen) atoms. The summed E-state index contributed by atoms with van der Waals surface area (Å²) in [4.78, 5) is 29.8. The molecule has 100 valence electrons. The van der Waals surface area contributed by atoms with Crippen molar-refractivity contribution in [2.24, 2.45) is 0 Å². The monoisotopic (exact) mass is 278 g/mol. The van der Waals surface area contributed by atoms with Gasteiger partial charge in [-0.2, -0.15) is 0 Å². The largest absolute Gasteiger partial charge is 0.329 e. The first kappa shape index (κ1) is 13.4. The van der Waals surface area contributed by atoms with Gasteiger partial charge in [-0.05, 0) is 20.0 Å². The van der Waals surface area contributed by atoms with Crippen LogP contribution in [0.1, 0.15) is 29.0 Å². The zero-order valence-corrected chi connectivity index (χ0v) is 11.4. The Balaban J connectivity index is 2.11. The number of nitrogens with zero attached hydrogens (tertiary/aromatic N) is 1. The van der Waals surface area contributed by atoms with Crippen molar-refractivity contribution in [1.82, 2.24) is 15.3 Å². The predicted octanol–water partition coefficient (Wildman–Crippen LogP) is 1.36. The number of hydrogen-bond acceptors (Lipinski definition) is 5. The Bertz CT molecular complexity index is 634. The Morgan fingerprint density at radius 1 is 1.53 bits per heavy atom. The quantitative estimate of drug-likeness (QED) is 0.788. The second-order valence-corrected chi connectivity index (χ2v) is 4.84. The van der Waals surface area contributed by atoms with E-state index in [-0.39, 0.29) is 17.5 Å². The number of pyridine rings is 1. The first-order valence-electron chi connectivity index (χ1n) is 5.73. The Kier molecular flexibility index (Phi) is 4.08. The zero-order valence-electron chi connectivity index (χ0n) is 10.6. The smallest absolute Gasteiger partial charge is 0.257 e. The maximum absolute atomic E-state index is 11.9. The standard InChI is InChI=1S/C12H14N4O2S/c1-7(13-2)9-6-19-12(15-9)16-11(18)8-3-4-14-10(17)5-8/h3-7,13H,1-2H3,(H,14,17)(H,15,16,18). The maximum atomic E-state index is 11.9. The van der Waals surface area contributed by atoms with Crippen molar-refractivity contribution in [3.05, 3.63) is 45.3 Å². The highest BCUT2D eigenvalue weighted by molar-refractivity contribution is 7.14. The van der Waals surface area contributed by atoms with Gasteiger partial charge >= 0.3 is 0 Å². The molecule has 0 fully saturated rings. The number of aromatic nitrogens is 2. The molecule has 2 heterocycles. The summed E-state index contributed by atoms with van der Waals surface area (Å²) in [5.74, 6) is -0.343. The molecule has 7 heteroatoms. The van der Waals surface area contributed by atoms with Crippen LogP contribution in [0.3, 0.4) is 0 Å². The SMILES string of the molecule is CNC(C)c1csc(NC(=O)c2cc[nH]c(=O)c2)n1. The molecule has 2 aromatic heterocycles. The number of amides is 1. The molecular weight excluding hydrogens is 264 g/mol. The average Bonchev–Trinajstić information content (AvgIpc) is 2.86. The van der Waals surface area contributed by atoms with Crippen LogP contribution >= 0.6 is 11.3 Å². The summed E-state index contributed by atoms with van der Waals surface area (Å²) >= 11 is 1.35. The molecule has 1 amide bonds. The molecule has 0 saturated heterocycles.